The van der Waals surface area contributed by atoms with Crippen molar-refractivity contribution in [2.45, 2.75) is 12.5 Å². The highest BCUT2D eigenvalue weighted by atomic mass is 79.9. The van der Waals surface area contributed by atoms with Crippen LogP contribution in [0.5, 0.6) is 0 Å². The van der Waals surface area contributed by atoms with Crippen LogP contribution in [0, 0.1) is 0 Å². The lowest BCUT2D eigenvalue weighted by Gasteiger charge is -2.16. The van der Waals surface area contributed by atoms with Crippen LogP contribution in [0.2, 0.25) is 0 Å². The van der Waals surface area contributed by atoms with Crippen molar-refractivity contribution >= 4 is 59.1 Å². The van der Waals surface area contributed by atoms with Crippen molar-refractivity contribution in [1.82, 2.24) is 5.43 Å². The molecule has 2 nitrogen and oxygen atoms in total. The first-order valence-corrected chi connectivity index (χ1v) is 8.49. The number of thiophene rings is 1. The summed E-state index contributed by atoms with van der Waals surface area (Å²) >= 11 is 12.2. The van der Waals surface area contributed by atoms with Gasteiger partial charge >= 0.3 is 0 Å². The molecule has 0 aliphatic carbocycles. The van der Waals surface area contributed by atoms with E-state index in [9.17, 15) is 0 Å². The Morgan fingerprint density at radius 1 is 1.06 bits per heavy atom. The summed E-state index contributed by atoms with van der Waals surface area (Å²) in [6.45, 7) is 0. The summed E-state index contributed by atoms with van der Waals surface area (Å²) in [6, 6.07) is 8.40. The van der Waals surface area contributed by atoms with E-state index in [2.05, 4.69) is 76.8 Å². The van der Waals surface area contributed by atoms with Gasteiger partial charge in [0.05, 0.1) is 6.04 Å². The molecule has 6 heteroatoms. The molecular weight excluding hydrogens is 444 g/mol. The summed E-state index contributed by atoms with van der Waals surface area (Å²) in [5.74, 6) is 5.67. The van der Waals surface area contributed by atoms with Crippen LogP contribution in [0.3, 0.4) is 0 Å². The molecule has 2 rings (SSSR count). The Morgan fingerprint density at radius 2 is 1.72 bits per heavy atom. The standard InChI is InChI=1S/C12H11Br3N2S/c13-8-1-7(2-9(14)3-8)12(17-16)5-11-4-10(15)6-18-11/h1-4,6,12,17H,5,16H2. The molecular formula is C12H11Br3N2S. The van der Waals surface area contributed by atoms with E-state index in [0.717, 1.165) is 25.4 Å². The van der Waals surface area contributed by atoms with Gasteiger partial charge in [-0.3, -0.25) is 11.3 Å². The van der Waals surface area contributed by atoms with E-state index in [1.807, 2.05) is 6.07 Å². The molecule has 0 fully saturated rings. The number of rotatable bonds is 4. The van der Waals surface area contributed by atoms with Crippen LogP contribution in [-0.4, -0.2) is 0 Å². The number of hydrazine groups is 1. The Labute approximate surface area is 135 Å². The van der Waals surface area contributed by atoms with Crippen LogP contribution in [0.1, 0.15) is 16.5 Å². The van der Waals surface area contributed by atoms with Crippen molar-refractivity contribution in [3.63, 3.8) is 0 Å². The van der Waals surface area contributed by atoms with E-state index in [1.54, 1.807) is 11.3 Å². The molecule has 0 saturated carbocycles. The van der Waals surface area contributed by atoms with Gasteiger partial charge in [-0.15, -0.1) is 11.3 Å². The van der Waals surface area contributed by atoms with E-state index in [4.69, 9.17) is 5.84 Å². The van der Waals surface area contributed by atoms with Crippen molar-refractivity contribution in [3.8, 4) is 0 Å². The largest absolute Gasteiger partial charge is 0.271 e. The Balaban J connectivity index is 2.22. The van der Waals surface area contributed by atoms with Gasteiger partial charge in [0.25, 0.3) is 0 Å². The zero-order valence-electron chi connectivity index (χ0n) is 9.29. The maximum Gasteiger partial charge on any atom is 0.0508 e. The second-order valence-corrected chi connectivity index (χ2v) is 7.60. The second-order valence-electron chi connectivity index (χ2n) is 3.86. The molecule has 1 aromatic carbocycles. The molecule has 1 unspecified atom stereocenters. The van der Waals surface area contributed by atoms with Gasteiger partial charge in [-0.2, -0.15) is 0 Å². The highest BCUT2D eigenvalue weighted by Gasteiger charge is 2.13. The highest BCUT2D eigenvalue weighted by Crippen LogP contribution is 2.28. The number of hydrogen-bond donors (Lipinski definition) is 2. The number of halogens is 3. The zero-order chi connectivity index (χ0) is 13.1. The van der Waals surface area contributed by atoms with Crippen molar-refractivity contribution in [2.75, 3.05) is 0 Å². The fourth-order valence-electron chi connectivity index (χ4n) is 1.71. The molecule has 0 amide bonds. The molecule has 1 atom stereocenters. The lowest BCUT2D eigenvalue weighted by atomic mass is 10.0. The van der Waals surface area contributed by atoms with Crippen LogP contribution >= 0.6 is 59.1 Å². The SMILES string of the molecule is NNC(Cc1cc(Br)cs1)c1cc(Br)cc(Br)c1. The minimum absolute atomic E-state index is 0.101. The smallest absolute Gasteiger partial charge is 0.0508 e. The summed E-state index contributed by atoms with van der Waals surface area (Å²) in [5.41, 5.74) is 4.04. The molecule has 96 valence electrons. The van der Waals surface area contributed by atoms with Gasteiger partial charge in [-0.25, -0.2) is 0 Å². The van der Waals surface area contributed by atoms with Crippen molar-refractivity contribution < 1.29 is 0 Å². The lowest BCUT2D eigenvalue weighted by molar-refractivity contribution is 0.555. The molecule has 18 heavy (non-hydrogen) atoms. The van der Waals surface area contributed by atoms with Crippen LogP contribution in [0.4, 0.5) is 0 Å². The molecule has 0 aliphatic heterocycles. The minimum Gasteiger partial charge on any atom is -0.271 e. The normalized spacial score (nSPS) is 12.7. The first kappa shape index (κ1) is 14.7. The first-order valence-electron chi connectivity index (χ1n) is 5.23. The fraction of sp³-hybridized carbons (Fsp3) is 0.167. The van der Waals surface area contributed by atoms with Gasteiger partial charge in [-0.1, -0.05) is 31.9 Å². The summed E-state index contributed by atoms with van der Waals surface area (Å²) in [7, 11) is 0. The predicted molar refractivity (Wildman–Crippen MR) is 87.6 cm³/mol. The summed E-state index contributed by atoms with van der Waals surface area (Å²) in [5, 5.41) is 2.08. The van der Waals surface area contributed by atoms with Gasteiger partial charge in [0, 0.05) is 30.1 Å². The molecule has 0 saturated heterocycles. The van der Waals surface area contributed by atoms with Gasteiger partial charge in [0.2, 0.25) is 0 Å². The summed E-state index contributed by atoms with van der Waals surface area (Å²) in [6.07, 6.45) is 0.871. The number of benzene rings is 1. The van der Waals surface area contributed by atoms with Crippen LogP contribution in [-0.2, 0) is 6.42 Å². The second kappa shape index (κ2) is 6.63. The summed E-state index contributed by atoms with van der Waals surface area (Å²) < 4.78 is 3.20. The van der Waals surface area contributed by atoms with Gasteiger partial charge in [0.15, 0.2) is 0 Å². The predicted octanol–water partition coefficient (Wildman–Crippen LogP) is 4.78. The molecule has 1 aromatic heterocycles. The molecule has 0 radical (unpaired) electrons. The third-order valence-electron chi connectivity index (χ3n) is 2.52. The third-order valence-corrected chi connectivity index (χ3v) is 5.15. The fourth-order valence-corrected chi connectivity index (χ4v) is 4.54. The summed E-state index contributed by atoms with van der Waals surface area (Å²) in [4.78, 5) is 1.29. The van der Waals surface area contributed by atoms with Crippen molar-refractivity contribution in [3.05, 3.63) is 53.5 Å². The van der Waals surface area contributed by atoms with E-state index in [1.165, 1.54) is 4.88 Å². The van der Waals surface area contributed by atoms with E-state index in [0.29, 0.717) is 0 Å². The zero-order valence-corrected chi connectivity index (χ0v) is 14.9. The molecule has 0 aliphatic rings. The lowest BCUT2D eigenvalue weighted by Crippen LogP contribution is -2.29. The molecule has 0 bridgehead atoms. The molecule has 0 spiro atoms. The minimum atomic E-state index is 0.101. The average Bonchev–Trinajstić information content (AvgIpc) is 2.70. The Bertz CT molecular complexity index is 522. The van der Waals surface area contributed by atoms with Crippen LogP contribution < -0.4 is 11.3 Å². The van der Waals surface area contributed by atoms with Gasteiger partial charge in [-0.05, 0) is 45.8 Å². The van der Waals surface area contributed by atoms with Crippen LogP contribution in [0.25, 0.3) is 0 Å². The Morgan fingerprint density at radius 3 is 2.22 bits per heavy atom. The van der Waals surface area contributed by atoms with E-state index >= 15 is 0 Å². The highest BCUT2D eigenvalue weighted by molar-refractivity contribution is 9.11. The number of hydrogen-bond acceptors (Lipinski definition) is 3. The average molecular weight is 455 g/mol. The van der Waals surface area contributed by atoms with Crippen LogP contribution in [0.15, 0.2) is 43.1 Å². The third kappa shape index (κ3) is 3.88. The van der Waals surface area contributed by atoms with Crippen molar-refractivity contribution in [1.29, 1.82) is 0 Å². The quantitative estimate of drug-likeness (QED) is 0.515. The van der Waals surface area contributed by atoms with Gasteiger partial charge < -0.3 is 0 Å². The maximum atomic E-state index is 5.67. The number of nitrogens with one attached hydrogen (secondary N) is 1. The topological polar surface area (TPSA) is 38.0 Å². The molecule has 3 N–H and O–H groups in total. The molecule has 1 heterocycles. The first-order chi connectivity index (χ1) is 8.58. The van der Waals surface area contributed by atoms with Gasteiger partial charge in [0.1, 0.15) is 0 Å². The Hall–Kier alpha value is 0.280. The molecule has 2 aromatic rings. The number of nitrogens with two attached hydrogens (primary N) is 1. The Kier molecular flexibility index (Phi) is 5.41. The monoisotopic (exact) mass is 452 g/mol. The van der Waals surface area contributed by atoms with E-state index < -0.39 is 0 Å². The van der Waals surface area contributed by atoms with E-state index in [-0.39, 0.29) is 6.04 Å². The van der Waals surface area contributed by atoms with Crippen molar-refractivity contribution in [2.24, 2.45) is 5.84 Å². The maximum absolute atomic E-state index is 5.67.